The van der Waals surface area contributed by atoms with Gasteiger partial charge in [0, 0.05) is 18.8 Å². The molecule has 2 N–H and O–H groups in total. The van der Waals surface area contributed by atoms with Gasteiger partial charge in [-0.2, -0.15) is 0 Å². The quantitative estimate of drug-likeness (QED) is 0.851. The van der Waals surface area contributed by atoms with E-state index < -0.39 is 6.04 Å². The van der Waals surface area contributed by atoms with E-state index in [0.29, 0.717) is 24.4 Å². The summed E-state index contributed by atoms with van der Waals surface area (Å²) < 4.78 is 5.27. The molecule has 3 amide bonds. The number of nitrogens with one attached hydrogen (secondary N) is 2. The van der Waals surface area contributed by atoms with Crippen molar-refractivity contribution in [3.63, 3.8) is 0 Å². The average molecular weight is 367 g/mol. The smallest absolute Gasteiger partial charge is 0.319 e. The number of likely N-dealkylation sites (N-methyl/N-ethyl adjacent to an activating group) is 1. The number of hydrogen-bond donors (Lipinski definition) is 2. The molecule has 142 valence electrons. The molecule has 0 saturated carbocycles. The van der Waals surface area contributed by atoms with Gasteiger partial charge in [-0.05, 0) is 55.3 Å². The second kappa shape index (κ2) is 7.70. The van der Waals surface area contributed by atoms with Gasteiger partial charge in [-0.1, -0.05) is 18.2 Å². The summed E-state index contributed by atoms with van der Waals surface area (Å²) in [6, 6.07) is 11.0. The van der Waals surface area contributed by atoms with Crippen LogP contribution in [0.15, 0.2) is 47.7 Å². The van der Waals surface area contributed by atoms with Gasteiger partial charge >= 0.3 is 6.03 Å². The van der Waals surface area contributed by atoms with Crippen LogP contribution >= 0.6 is 0 Å². The molecule has 0 aromatic heterocycles. The van der Waals surface area contributed by atoms with Crippen molar-refractivity contribution in [3.8, 4) is 5.75 Å². The number of benzene rings is 2. The summed E-state index contributed by atoms with van der Waals surface area (Å²) in [5, 5.41) is 7.69. The highest BCUT2D eigenvalue weighted by Gasteiger charge is 2.32. The standard InChI is InChI=1S/C21H25N3O3/c1-5-24(6-2)20(25)18-13(3)22-21(26)23-19(18)16-8-7-15-12-17(27-4)10-9-14(15)11-16/h7-12,19H,5-6H2,1-4H3,(H2,22,23,26)/t19-/m1/s1. The lowest BCUT2D eigenvalue weighted by molar-refractivity contribution is -0.127. The zero-order valence-corrected chi connectivity index (χ0v) is 16.1. The van der Waals surface area contributed by atoms with E-state index in [1.807, 2.05) is 50.2 Å². The summed E-state index contributed by atoms with van der Waals surface area (Å²) in [6.45, 7) is 6.90. The number of carbonyl (C=O) groups excluding carboxylic acids is 2. The lowest BCUT2D eigenvalue weighted by atomic mass is 9.92. The Morgan fingerprint density at radius 1 is 1.11 bits per heavy atom. The second-order valence-corrected chi connectivity index (χ2v) is 6.52. The molecule has 1 atom stereocenters. The number of rotatable bonds is 5. The summed E-state index contributed by atoms with van der Waals surface area (Å²) >= 11 is 0. The number of allylic oxidation sites excluding steroid dienone is 1. The van der Waals surface area contributed by atoms with E-state index in [4.69, 9.17) is 4.74 Å². The van der Waals surface area contributed by atoms with Crippen LogP contribution < -0.4 is 15.4 Å². The SMILES string of the molecule is CCN(CC)C(=O)C1=C(C)NC(=O)N[C@@H]1c1ccc2cc(OC)ccc2c1. The van der Waals surface area contributed by atoms with Crippen LogP contribution in [0.4, 0.5) is 4.79 Å². The maximum Gasteiger partial charge on any atom is 0.319 e. The van der Waals surface area contributed by atoms with Crippen LogP contribution in [0.5, 0.6) is 5.75 Å². The molecule has 0 radical (unpaired) electrons. The predicted molar refractivity (Wildman–Crippen MR) is 106 cm³/mol. The molecule has 3 rings (SSSR count). The topological polar surface area (TPSA) is 70.7 Å². The maximum atomic E-state index is 13.1. The molecule has 0 fully saturated rings. The van der Waals surface area contributed by atoms with E-state index in [0.717, 1.165) is 22.1 Å². The molecule has 1 aliphatic heterocycles. The van der Waals surface area contributed by atoms with Gasteiger partial charge in [0.1, 0.15) is 5.75 Å². The molecule has 0 saturated heterocycles. The normalized spacial score (nSPS) is 16.7. The van der Waals surface area contributed by atoms with Crippen molar-refractivity contribution in [1.29, 1.82) is 0 Å². The van der Waals surface area contributed by atoms with Crippen molar-refractivity contribution in [2.75, 3.05) is 20.2 Å². The van der Waals surface area contributed by atoms with Gasteiger partial charge in [-0.15, -0.1) is 0 Å². The number of hydrogen-bond acceptors (Lipinski definition) is 3. The largest absolute Gasteiger partial charge is 0.497 e. The van der Waals surface area contributed by atoms with Crippen molar-refractivity contribution in [3.05, 3.63) is 53.2 Å². The third kappa shape index (κ3) is 3.60. The molecule has 6 nitrogen and oxygen atoms in total. The van der Waals surface area contributed by atoms with Gasteiger partial charge in [-0.25, -0.2) is 4.79 Å². The monoisotopic (exact) mass is 367 g/mol. The lowest BCUT2D eigenvalue weighted by Crippen LogP contribution is -2.47. The van der Waals surface area contributed by atoms with Crippen LogP contribution in [0.25, 0.3) is 10.8 Å². The van der Waals surface area contributed by atoms with Crippen LogP contribution in [0.3, 0.4) is 0 Å². The number of amides is 3. The van der Waals surface area contributed by atoms with Gasteiger partial charge in [0.2, 0.25) is 0 Å². The number of ether oxygens (including phenoxy) is 1. The van der Waals surface area contributed by atoms with Crippen molar-refractivity contribution < 1.29 is 14.3 Å². The minimum atomic E-state index is -0.488. The van der Waals surface area contributed by atoms with E-state index in [2.05, 4.69) is 10.6 Å². The van der Waals surface area contributed by atoms with Gasteiger partial charge < -0.3 is 20.3 Å². The van der Waals surface area contributed by atoms with Crippen LogP contribution in [0, 0.1) is 0 Å². The fourth-order valence-corrected chi connectivity index (χ4v) is 3.46. The number of nitrogens with zero attached hydrogens (tertiary/aromatic N) is 1. The van der Waals surface area contributed by atoms with Crippen molar-refractivity contribution >= 4 is 22.7 Å². The van der Waals surface area contributed by atoms with Crippen LogP contribution in [-0.4, -0.2) is 37.0 Å². The van der Waals surface area contributed by atoms with Crippen molar-refractivity contribution in [2.45, 2.75) is 26.8 Å². The van der Waals surface area contributed by atoms with E-state index in [9.17, 15) is 9.59 Å². The minimum Gasteiger partial charge on any atom is -0.497 e. The van der Waals surface area contributed by atoms with E-state index in [1.54, 1.807) is 18.9 Å². The Hall–Kier alpha value is -3.02. The second-order valence-electron chi connectivity index (χ2n) is 6.52. The molecule has 1 aliphatic rings. The first-order chi connectivity index (χ1) is 13.0. The van der Waals surface area contributed by atoms with Crippen LogP contribution in [-0.2, 0) is 4.79 Å². The average Bonchev–Trinajstić information content (AvgIpc) is 2.67. The van der Waals surface area contributed by atoms with Crippen LogP contribution in [0.2, 0.25) is 0 Å². The first kappa shape index (κ1) is 18.8. The number of carbonyl (C=O) groups is 2. The van der Waals surface area contributed by atoms with Gasteiger partial charge in [0.15, 0.2) is 0 Å². The Morgan fingerprint density at radius 3 is 2.44 bits per heavy atom. The predicted octanol–water partition coefficient (Wildman–Crippen LogP) is 3.34. The molecule has 6 heteroatoms. The summed E-state index contributed by atoms with van der Waals surface area (Å²) in [6.07, 6.45) is 0. The molecule has 0 unspecified atom stereocenters. The Labute approximate surface area is 159 Å². The third-order valence-electron chi connectivity index (χ3n) is 4.96. The Bertz CT molecular complexity index is 916. The van der Waals surface area contributed by atoms with E-state index in [1.165, 1.54) is 0 Å². The highest BCUT2D eigenvalue weighted by molar-refractivity contribution is 5.99. The summed E-state index contributed by atoms with van der Waals surface area (Å²) in [5.74, 6) is 0.725. The fraction of sp³-hybridized carbons (Fsp3) is 0.333. The Balaban J connectivity index is 2.06. The first-order valence-corrected chi connectivity index (χ1v) is 9.13. The third-order valence-corrected chi connectivity index (χ3v) is 4.96. The molecule has 2 aromatic rings. The number of methoxy groups -OCH3 is 1. The highest BCUT2D eigenvalue weighted by atomic mass is 16.5. The molecule has 0 bridgehead atoms. The van der Waals surface area contributed by atoms with E-state index >= 15 is 0 Å². The van der Waals surface area contributed by atoms with Crippen molar-refractivity contribution in [2.24, 2.45) is 0 Å². The Morgan fingerprint density at radius 2 is 1.78 bits per heavy atom. The molecular weight excluding hydrogens is 342 g/mol. The minimum absolute atomic E-state index is 0.0650. The lowest BCUT2D eigenvalue weighted by Gasteiger charge is -2.31. The molecular formula is C21H25N3O3. The summed E-state index contributed by atoms with van der Waals surface area (Å²) in [5.41, 5.74) is 2.04. The van der Waals surface area contributed by atoms with Crippen molar-refractivity contribution in [1.82, 2.24) is 15.5 Å². The Kier molecular flexibility index (Phi) is 5.35. The fourth-order valence-electron chi connectivity index (χ4n) is 3.46. The molecule has 27 heavy (non-hydrogen) atoms. The van der Waals surface area contributed by atoms with Gasteiger partial charge in [-0.3, -0.25) is 4.79 Å². The number of urea groups is 1. The molecule has 0 spiro atoms. The van der Waals surface area contributed by atoms with Crippen LogP contribution in [0.1, 0.15) is 32.4 Å². The molecule has 0 aliphatic carbocycles. The molecule has 1 heterocycles. The molecule has 2 aromatic carbocycles. The summed E-state index contributed by atoms with van der Waals surface area (Å²) in [7, 11) is 1.64. The van der Waals surface area contributed by atoms with E-state index in [-0.39, 0.29) is 11.9 Å². The zero-order valence-electron chi connectivity index (χ0n) is 16.1. The summed E-state index contributed by atoms with van der Waals surface area (Å²) in [4.78, 5) is 26.9. The zero-order chi connectivity index (χ0) is 19.6. The first-order valence-electron chi connectivity index (χ1n) is 9.13. The number of fused-ring (bicyclic) bond motifs is 1. The highest BCUT2D eigenvalue weighted by Crippen LogP contribution is 2.31. The van der Waals surface area contributed by atoms with Gasteiger partial charge in [0.25, 0.3) is 5.91 Å². The maximum absolute atomic E-state index is 13.1. The van der Waals surface area contributed by atoms with Gasteiger partial charge in [0.05, 0.1) is 18.7 Å².